The van der Waals surface area contributed by atoms with E-state index in [1.807, 2.05) is 0 Å². The number of aromatic hydroxyl groups is 1. The Labute approximate surface area is 156 Å². The second-order valence-corrected chi connectivity index (χ2v) is 6.71. The molecule has 1 aromatic carbocycles. The Hall–Kier alpha value is -3.66. The number of phenols is 1. The van der Waals surface area contributed by atoms with Crippen LogP contribution >= 0.6 is 11.3 Å². The third-order valence-corrected chi connectivity index (χ3v) is 4.83. The summed E-state index contributed by atoms with van der Waals surface area (Å²) in [6.45, 7) is 0. The maximum atomic E-state index is 12.5. The molecule has 0 aliphatic heterocycles. The average Bonchev–Trinajstić information content (AvgIpc) is 3.35. The highest BCUT2D eigenvalue weighted by Crippen LogP contribution is 2.28. The van der Waals surface area contributed by atoms with Gasteiger partial charge in [0.15, 0.2) is 5.13 Å². The number of hydrogen-bond donors (Lipinski definition) is 4. The van der Waals surface area contributed by atoms with E-state index in [1.165, 1.54) is 23.6 Å². The van der Waals surface area contributed by atoms with Gasteiger partial charge < -0.3 is 15.8 Å². The molecule has 0 radical (unpaired) electrons. The largest absolute Gasteiger partial charge is 0.507 e. The Morgan fingerprint density at radius 1 is 1.33 bits per heavy atom. The van der Waals surface area contributed by atoms with E-state index in [-0.39, 0.29) is 17.0 Å². The summed E-state index contributed by atoms with van der Waals surface area (Å²) in [5.74, 6) is -0.978. The van der Waals surface area contributed by atoms with Crippen molar-refractivity contribution in [2.45, 2.75) is 0 Å². The van der Waals surface area contributed by atoms with Gasteiger partial charge >= 0.3 is 0 Å². The van der Waals surface area contributed by atoms with Crippen LogP contribution in [-0.2, 0) is 7.05 Å². The van der Waals surface area contributed by atoms with Gasteiger partial charge in [0.05, 0.1) is 22.8 Å². The van der Waals surface area contributed by atoms with E-state index in [2.05, 4.69) is 20.4 Å². The molecular formula is C17H14N6O3S. The second-order valence-electron chi connectivity index (χ2n) is 5.85. The van der Waals surface area contributed by atoms with Gasteiger partial charge in [0.1, 0.15) is 11.4 Å². The second kappa shape index (κ2) is 6.25. The van der Waals surface area contributed by atoms with Crippen LogP contribution < -0.4 is 11.1 Å². The normalized spacial score (nSPS) is 11.0. The number of aromatic nitrogens is 4. The number of aromatic amines is 1. The fourth-order valence-corrected chi connectivity index (χ4v) is 3.39. The molecule has 0 saturated carbocycles. The van der Waals surface area contributed by atoms with Gasteiger partial charge in [-0.2, -0.15) is 5.10 Å². The zero-order valence-electron chi connectivity index (χ0n) is 14.1. The number of aryl methyl sites for hydroxylation is 1. The molecule has 136 valence electrons. The zero-order chi connectivity index (χ0) is 19.1. The first kappa shape index (κ1) is 16.8. The van der Waals surface area contributed by atoms with E-state index in [0.29, 0.717) is 27.3 Å². The van der Waals surface area contributed by atoms with Gasteiger partial charge in [-0.3, -0.25) is 19.6 Å². The number of nitrogens with one attached hydrogen (secondary N) is 2. The van der Waals surface area contributed by atoms with Gasteiger partial charge in [-0.15, -0.1) is 11.3 Å². The first-order valence-electron chi connectivity index (χ1n) is 7.82. The molecule has 2 amide bonds. The Morgan fingerprint density at radius 2 is 2.15 bits per heavy atom. The summed E-state index contributed by atoms with van der Waals surface area (Å²) in [5, 5.41) is 19.6. The summed E-state index contributed by atoms with van der Waals surface area (Å²) in [7, 11) is 1.73. The van der Waals surface area contributed by atoms with E-state index in [0.717, 1.165) is 0 Å². The summed E-state index contributed by atoms with van der Waals surface area (Å²) in [6.07, 6.45) is 3.16. The Morgan fingerprint density at radius 3 is 2.89 bits per heavy atom. The number of amides is 2. The lowest BCUT2D eigenvalue weighted by Gasteiger charge is -2.04. The highest BCUT2D eigenvalue weighted by atomic mass is 32.1. The monoisotopic (exact) mass is 382 g/mol. The molecule has 10 heteroatoms. The minimum atomic E-state index is -0.560. The number of fused-ring (bicyclic) bond motifs is 1. The minimum absolute atomic E-state index is 0.0168. The number of benzene rings is 1. The van der Waals surface area contributed by atoms with Crippen molar-refractivity contribution in [2.24, 2.45) is 12.8 Å². The topological polar surface area (TPSA) is 139 Å². The Bertz CT molecular complexity index is 1190. The molecular weight excluding hydrogens is 368 g/mol. The van der Waals surface area contributed by atoms with Crippen LogP contribution in [0.1, 0.15) is 20.8 Å². The van der Waals surface area contributed by atoms with Gasteiger partial charge in [-0.1, -0.05) is 0 Å². The van der Waals surface area contributed by atoms with Crippen molar-refractivity contribution in [3.63, 3.8) is 0 Å². The number of carbonyl (C=O) groups excluding carboxylic acids is 2. The van der Waals surface area contributed by atoms with Crippen molar-refractivity contribution in [2.75, 3.05) is 5.32 Å². The molecule has 3 aromatic heterocycles. The van der Waals surface area contributed by atoms with Crippen LogP contribution in [0.3, 0.4) is 0 Å². The minimum Gasteiger partial charge on any atom is -0.507 e. The third-order valence-electron chi connectivity index (χ3n) is 4.08. The molecule has 4 rings (SSSR count). The van der Waals surface area contributed by atoms with Crippen molar-refractivity contribution < 1.29 is 14.7 Å². The number of phenolic OH excluding ortho intramolecular Hbond substituents is 1. The number of nitrogens with zero attached hydrogens (tertiary/aromatic N) is 3. The maximum absolute atomic E-state index is 12.5. The number of primary amides is 1. The molecule has 0 aliphatic rings. The van der Waals surface area contributed by atoms with Gasteiger partial charge in [0.2, 0.25) is 0 Å². The quantitative estimate of drug-likeness (QED) is 0.428. The van der Waals surface area contributed by atoms with Crippen molar-refractivity contribution in [1.29, 1.82) is 0 Å². The summed E-state index contributed by atoms with van der Waals surface area (Å²) < 4.78 is 1.58. The van der Waals surface area contributed by atoms with Crippen LogP contribution in [0.25, 0.3) is 22.2 Å². The number of hydrogen-bond acceptors (Lipinski definition) is 6. The van der Waals surface area contributed by atoms with Crippen molar-refractivity contribution in [1.82, 2.24) is 19.7 Å². The number of thiazole rings is 1. The van der Waals surface area contributed by atoms with E-state index in [9.17, 15) is 14.7 Å². The van der Waals surface area contributed by atoms with Crippen molar-refractivity contribution in [3.8, 4) is 17.0 Å². The molecule has 0 aliphatic carbocycles. The third kappa shape index (κ3) is 3.02. The molecule has 3 heterocycles. The number of nitrogens with two attached hydrogens (primary N) is 1. The fraction of sp³-hybridized carbons (Fsp3) is 0.0588. The lowest BCUT2D eigenvalue weighted by molar-refractivity contribution is 0.0994. The molecule has 0 fully saturated rings. The smallest absolute Gasteiger partial charge is 0.265 e. The predicted molar refractivity (Wildman–Crippen MR) is 101 cm³/mol. The molecule has 0 unspecified atom stereocenters. The molecule has 0 bridgehead atoms. The summed E-state index contributed by atoms with van der Waals surface area (Å²) >= 11 is 1.24. The average molecular weight is 382 g/mol. The van der Waals surface area contributed by atoms with Crippen LogP contribution in [0.15, 0.2) is 36.0 Å². The van der Waals surface area contributed by atoms with Gasteiger partial charge in [-0.25, -0.2) is 4.98 Å². The standard InChI is InChI=1S/C17H14N6O3S/c1-23-13-3-8(4-14(24)10(13)6-20-23)16(26)22-17-21-12(7-27-17)9-2-11(15(18)25)19-5-9/h2-7,19,24H,1H3,(H2,18,25)(H,21,22,26). The lowest BCUT2D eigenvalue weighted by atomic mass is 10.1. The van der Waals surface area contributed by atoms with Gasteiger partial charge in [0, 0.05) is 29.8 Å². The Balaban J connectivity index is 1.57. The van der Waals surface area contributed by atoms with Crippen LogP contribution in [0, 0.1) is 0 Å². The van der Waals surface area contributed by atoms with E-state index < -0.39 is 11.8 Å². The highest BCUT2D eigenvalue weighted by Gasteiger charge is 2.15. The highest BCUT2D eigenvalue weighted by molar-refractivity contribution is 7.14. The number of carbonyl (C=O) groups is 2. The molecule has 4 aromatic rings. The fourth-order valence-electron chi connectivity index (χ4n) is 2.68. The SMILES string of the molecule is Cn1ncc2c(O)cc(C(=O)Nc3nc(-c4c[nH]c(C(N)=O)c4)cs3)cc21. The van der Waals surface area contributed by atoms with Crippen LogP contribution in [0.2, 0.25) is 0 Å². The van der Waals surface area contributed by atoms with E-state index >= 15 is 0 Å². The number of rotatable bonds is 4. The first-order valence-corrected chi connectivity index (χ1v) is 8.70. The molecule has 27 heavy (non-hydrogen) atoms. The Kier molecular flexibility index (Phi) is 3.89. The van der Waals surface area contributed by atoms with Gasteiger partial charge in [0.25, 0.3) is 11.8 Å². The summed E-state index contributed by atoms with van der Waals surface area (Å²) in [5.41, 5.74) is 7.73. The maximum Gasteiger partial charge on any atom is 0.265 e. The van der Waals surface area contributed by atoms with Crippen LogP contribution in [-0.4, -0.2) is 36.7 Å². The molecule has 9 nitrogen and oxygen atoms in total. The van der Waals surface area contributed by atoms with Crippen LogP contribution in [0.4, 0.5) is 5.13 Å². The van der Waals surface area contributed by atoms with Gasteiger partial charge in [-0.05, 0) is 18.2 Å². The van der Waals surface area contributed by atoms with Crippen molar-refractivity contribution in [3.05, 3.63) is 47.2 Å². The molecule has 5 N–H and O–H groups in total. The zero-order valence-corrected chi connectivity index (χ0v) is 14.9. The van der Waals surface area contributed by atoms with Crippen molar-refractivity contribution >= 4 is 39.2 Å². The van der Waals surface area contributed by atoms with Crippen LogP contribution in [0.5, 0.6) is 5.75 Å². The predicted octanol–water partition coefficient (Wildman–Crippen LogP) is 2.08. The molecule has 0 atom stereocenters. The first-order chi connectivity index (χ1) is 12.9. The van der Waals surface area contributed by atoms with E-state index in [1.54, 1.807) is 35.4 Å². The lowest BCUT2D eigenvalue weighted by Crippen LogP contribution is -2.11. The summed E-state index contributed by atoms with van der Waals surface area (Å²) in [6, 6.07) is 4.63. The van der Waals surface area contributed by atoms with E-state index in [4.69, 9.17) is 5.73 Å². The number of H-pyrrole nitrogens is 1. The summed E-state index contributed by atoms with van der Waals surface area (Å²) in [4.78, 5) is 30.8. The molecule has 0 spiro atoms. The molecule has 0 saturated heterocycles. The number of anilines is 1.